The van der Waals surface area contributed by atoms with Gasteiger partial charge in [-0.15, -0.1) is 0 Å². The second kappa shape index (κ2) is 7.17. The Kier molecular flexibility index (Phi) is 6.34. The van der Waals surface area contributed by atoms with Gasteiger partial charge in [0.2, 0.25) is 0 Å². The number of urea groups is 1. The maximum absolute atomic E-state index is 10.1. The monoisotopic (exact) mass is 191 g/mol. The highest BCUT2D eigenvalue weighted by atomic mass is 16.6. The first-order valence-electron chi connectivity index (χ1n) is 3.66. The summed E-state index contributed by atoms with van der Waals surface area (Å²) in [6.07, 6.45) is -0.834. The molecular weight excluding hydrogens is 178 g/mol. The fourth-order valence-corrected chi connectivity index (χ4v) is 0.550. The summed E-state index contributed by atoms with van der Waals surface area (Å²) in [5.74, 6) is 0. The Hall–Kier alpha value is -1.50. The number of carbonyl (C=O) groups excluding carboxylic acids is 2. The van der Waals surface area contributed by atoms with Crippen molar-refractivity contribution in [3.8, 4) is 0 Å². The molecule has 0 aromatic carbocycles. The molecule has 0 saturated heterocycles. The molecule has 0 aliphatic rings. The summed E-state index contributed by atoms with van der Waals surface area (Å²) < 4.78 is 9.30. The van der Waals surface area contributed by atoms with E-state index >= 15 is 0 Å². The predicted octanol–water partition coefficient (Wildman–Crippen LogP) is -1.23. The van der Waals surface area contributed by atoms with Crippen molar-refractivity contribution in [2.45, 2.75) is 0 Å². The molecule has 5 N–H and O–H groups in total. The molecule has 0 heterocycles. The lowest BCUT2D eigenvalue weighted by atomic mass is 10.6. The van der Waals surface area contributed by atoms with E-state index in [2.05, 4.69) is 15.8 Å². The van der Waals surface area contributed by atoms with Crippen LogP contribution in [0.3, 0.4) is 0 Å². The van der Waals surface area contributed by atoms with E-state index in [9.17, 15) is 9.59 Å². The molecule has 7 nitrogen and oxygen atoms in total. The van der Waals surface area contributed by atoms with Crippen LogP contribution in [0.2, 0.25) is 0 Å². The number of amides is 3. The van der Waals surface area contributed by atoms with Gasteiger partial charge >= 0.3 is 12.1 Å². The Labute approximate surface area is 75.3 Å². The summed E-state index contributed by atoms with van der Waals surface area (Å²) in [5, 5.41) is 2.33. The van der Waals surface area contributed by atoms with Crippen LogP contribution in [0.4, 0.5) is 9.59 Å². The van der Waals surface area contributed by atoms with Crippen LogP contribution in [0, 0.1) is 0 Å². The van der Waals surface area contributed by atoms with Crippen LogP contribution in [0.1, 0.15) is 0 Å². The summed E-state index contributed by atoms with van der Waals surface area (Å²) in [4.78, 5) is 20.2. The Balaban J connectivity index is 3.00. The third kappa shape index (κ3) is 10.5. The fraction of sp³-hybridized carbons (Fsp3) is 0.667. The number of primary amides is 2. The fourth-order valence-electron chi connectivity index (χ4n) is 0.550. The number of nitrogens with one attached hydrogen (secondary N) is 1. The van der Waals surface area contributed by atoms with Crippen molar-refractivity contribution in [1.29, 1.82) is 0 Å². The largest absolute Gasteiger partial charge is 0.447 e. The van der Waals surface area contributed by atoms with Gasteiger partial charge in [-0.05, 0) is 0 Å². The lowest BCUT2D eigenvalue weighted by Gasteiger charge is -2.04. The van der Waals surface area contributed by atoms with Crippen LogP contribution in [0.5, 0.6) is 0 Å². The van der Waals surface area contributed by atoms with Gasteiger partial charge in [0.05, 0.1) is 13.2 Å². The average molecular weight is 191 g/mol. The molecule has 0 spiro atoms. The number of hydrogen-bond donors (Lipinski definition) is 3. The van der Waals surface area contributed by atoms with E-state index < -0.39 is 12.1 Å². The molecule has 0 aliphatic carbocycles. The van der Waals surface area contributed by atoms with E-state index in [0.29, 0.717) is 13.2 Å². The van der Waals surface area contributed by atoms with Crippen molar-refractivity contribution in [3.05, 3.63) is 0 Å². The molecule has 0 radical (unpaired) electrons. The molecule has 13 heavy (non-hydrogen) atoms. The van der Waals surface area contributed by atoms with Crippen LogP contribution in [-0.4, -0.2) is 38.5 Å². The Morgan fingerprint density at radius 2 is 1.85 bits per heavy atom. The Bertz CT molecular complexity index is 155. The molecule has 0 rings (SSSR count). The van der Waals surface area contributed by atoms with Crippen molar-refractivity contribution in [3.63, 3.8) is 0 Å². The molecule has 0 unspecified atom stereocenters. The van der Waals surface area contributed by atoms with Gasteiger partial charge in [-0.3, -0.25) is 0 Å². The lowest BCUT2D eigenvalue weighted by Crippen LogP contribution is -2.32. The first-order valence-corrected chi connectivity index (χ1v) is 3.66. The predicted molar refractivity (Wildman–Crippen MR) is 43.9 cm³/mol. The van der Waals surface area contributed by atoms with Crippen molar-refractivity contribution in [2.24, 2.45) is 11.5 Å². The molecule has 0 aromatic rings. The zero-order chi connectivity index (χ0) is 10.1. The molecule has 0 aliphatic heterocycles. The zero-order valence-electron chi connectivity index (χ0n) is 7.12. The zero-order valence-corrected chi connectivity index (χ0v) is 7.12. The first kappa shape index (κ1) is 11.5. The van der Waals surface area contributed by atoms with E-state index in [1.165, 1.54) is 0 Å². The van der Waals surface area contributed by atoms with Crippen LogP contribution in [0.15, 0.2) is 0 Å². The maximum Gasteiger partial charge on any atom is 0.404 e. The van der Waals surface area contributed by atoms with Crippen molar-refractivity contribution < 1.29 is 19.1 Å². The van der Waals surface area contributed by atoms with Crippen LogP contribution in [-0.2, 0) is 9.47 Å². The van der Waals surface area contributed by atoms with E-state index in [1.807, 2.05) is 0 Å². The second-order valence-corrected chi connectivity index (χ2v) is 2.07. The molecule has 0 bridgehead atoms. The third-order valence-electron chi connectivity index (χ3n) is 1.02. The van der Waals surface area contributed by atoms with E-state index in [1.54, 1.807) is 0 Å². The molecular formula is C6H13N3O4. The summed E-state index contributed by atoms with van der Waals surface area (Å²) in [6.45, 7) is 0.978. The van der Waals surface area contributed by atoms with Gasteiger partial charge in [0, 0.05) is 6.54 Å². The topological polar surface area (TPSA) is 117 Å². The minimum Gasteiger partial charge on any atom is -0.447 e. The second-order valence-electron chi connectivity index (χ2n) is 2.07. The van der Waals surface area contributed by atoms with Crippen LogP contribution in [0.25, 0.3) is 0 Å². The summed E-state index contributed by atoms with van der Waals surface area (Å²) in [7, 11) is 0. The standard InChI is InChI=1S/C6H13N3O4/c7-5(10)9-1-2-12-3-4-13-6(8)11/h1-4H2,(H2,8,11)(H3,7,9,10). The average Bonchev–Trinajstić information content (AvgIpc) is 2.01. The summed E-state index contributed by atoms with van der Waals surface area (Å²) in [5.41, 5.74) is 9.46. The van der Waals surface area contributed by atoms with Gasteiger partial charge in [-0.1, -0.05) is 0 Å². The molecule has 0 saturated carbocycles. The number of hydrogen-bond acceptors (Lipinski definition) is 4. The highest BCUT2D eigenvalue weighted by molar-refractivity contribution is 5.71. The van der Waals surface area contributed by atoms with Gasteiger partial charge < -0.3 is 26.3 Å². The van der Waals surface area contributed by atoms with Crippen LogP contribution >= 0.6 is 0 Å². The first-order chi connectivity index (χ1) is 6.13. The quantitative estimate of drug-likeness (QED) is 0.455. The van der Waals surface area contributed by atoms with E-state index in [-0.39, 0.29) is 13.2 Å². The normalized spacial score (nSPS) is 9.23. The smallest absolute Gasteiger partial charge is 0.404 e. The van der Waals surface area contributed by atoms with E-state index in [0.717, 1.165) is 0 Å². The highest BCUT2D eigenvalue weighted by Crippen LogP contribution is 1.77. The van der Waals surface area contributed by atoms with Crippen molar-refractivity contribution in [2.75, 3.05) is 26.4 Å². The Morgan fingerprint density at radius 3 is 2.38 bits per heavy atom. The lowest BCUT2D eigenvalue weighted by molar-refractivity contribution is 0.0785. The van der Waals surface area contributed by atoms with E-state index in [4.69, 9.17) is 10.5 Å². The molecule has 76 valence electrons. The minimum absolute atomic E-state index is 0.103. The minimum atomic E-state index is -0.834. The van der Waals surface area contributed by atoms with Gasteiger partial charge in [0.25, 0.3) is 0 Å². The maximum atomic E-state index is 10.1. The highest BCUT2D eigenvalue weighted by Gasteiger charge is 1.94. The number of ether oxygens (including phenoxy) is 2. The molecule has 0 fully saturated rings. The van der Waals surface area contributed by atoms with Gasteiger partial charge in [-0.2, -0.15) is 0 Å². The van der Waals surface area contributed by atoms with Crippen molar-refractivity contribution in [1.82, 2.24) is 5.32 Å². The van der Waals surface area contributed by atoms with Gasteiger partial charge in [0.1, 0.15) is 6.61 Å². The number of nitrogens with two attached hydrogens (primary N) is 2. The van der Waals surface area contributed by atoms with Crippen molar-refractivity contribution >= 4 is 12.1 Å². The molecule has 0 aromatic heterocycles. The SMILES string of the molecule is NC(=O)NCCOCCOC(N)=O. The summed E-state index contributed by atoms with van der Waals surface area (Å²) >= 11 is 0. The third-order valence-corrected chi connectivity index (χ3v) is 1.02. The van der Waals surface area contributed by atoms with Gasteiger partial charge in [0.15, 0.2) is 0 Å². The number of carbonyl (C=O) groups is 2. The van der Waals surface area contributed by atoms with Crippen LogP contribution < -0.4 is 16.8 Å². The molecule has 7 heteroatoms. The Morgan fingerprint density at radius 1 is 1.15 bits per heavy atom. The molecule has 0 atom stereocenters. The summed E-state index contributed by atoms with van der Waals surface area (Å²) in [6, 6.07) is -0.600. The van der Waals surface area contributed by atoms with Gasteiger partial charge in [-0.25, -0.2) is 9.59 Å². The number of rotatable bonds is 6. The molecule has 3 amide bonds.